The third-order valence-corrected chi connectivity index (χ3v) is 5.40. The number of hydrogen-bond acceptors (Lipinski definition) is 5. The van der Waals surface area contributed by atoms with Gasteiger partial charge >= 0.3 is 5.97 Å². The summed E-state index contributed by atoms with van der Waals surface area (Å²) in [6.45, 7) is 3.54. The van der Waals surface area contributed by atoms with Crippen LogP contribution in [-0.2, 0) is 19.4 Å². The number of benzene rings is 2. The Morgan fingerprint density at radius 2 is 1.64 bits per heavy atom. The normalized spacial score (nSPS) is 13.4. The third-order valence-electron chi connectivity index (χ3n) is 4.27. The molecule has 0 spiro atoms. The van der Waals surface area contributed by atoms with Crippen molar-refractivity contribution in [3.63, 3.8) is 0 Å². The van der Waals surface area contributed by atoms with Gasteiger partial charge in [-0.1, -0.05) is 43.7 Å². The number of sulfone groups is 1. The minimum absolute atomic E-state index is 0.111. The van der Waals surface area contributed by atoms with Gasteiger partial charge in [0.2, 0.25) is 0 Å². The first kappa shape index (κ1) is 21.6. The minimum atomic E-state index is -3.34. The van der Waals surface area contributed by atoms with Gasteiger partial charge in [-0.25, -0.2) is 13.2 Å². The molecule has 7 heteroatoms. The van der Waals surface area contributed by atoms with E-state index in [1.54, 1.807) is 0 Å². The van der Waals surface area contributed by atoms with Crippen molar-refractivity contribution in [2.24, 2.45) is 0 Å². The zero-order valence-corrected chi connectivity index (χ0v) is 17.0. The Labute approximate surface area is 165 Å². The Morgan fingerprint density at radius 3 is 2.18 bits per heavy atom. The molecule has 0 saturated carbocycles. The molecule has 28 heavy (non-hydrogen) atoms. The van der Waals surface area contributed by atoms with E-state index in [9.17, 15) is 18.0 Å². The minimum Gasteiger partial charge on any atom is -0.449 e. The molecule has 0 aliphatic carbocycles. The lowest BCUT2D eigenvalue weighted by molar-refractivity contribution is -0.129. The smallest absolute Gasteiger partial charge is 0.338 e. The van der Waals surface area contributed by atoms with Crippen LogP contribution in [0.25, 0.3) is 0 Å². The molecule has 0 heterocycles. The van der Waals surface area contributed by atoms with Crippen LogP contribution >= 0.6 is 0 Å². The van der Waals surface area contributed by atoms with Crippen LogP contribution in [0.5, 0.6) is 0 Å². The van der Waals surface area contributed by atoms with Crippen molar-refractivity contribution in [1.82, 2.24) is 5.32 Å². The molecule has 0 saturated heterocycles. The molecule has 0 radical (unpaired) electrons. The number of hydrogen-bond donors (Lipinski definition) is 1. The number of rotatable bonds is 8. The first-order chi connectivity index (χ1) is 13.2. The maximum absolute atomic E-state index is 12.5. The van der Waals surface area contributed by atoms with E-state index in [2.05, 4.69) is 5.32 Å². The van der Waals surface area contributed by atoms with E-state index in [0.717, 1.165) is 24.7 Å². The third kappa shape index (κ3) is 5.92. The summed E-state index contributed by atoms with van der Waals surface area (Å²) in [6, 6.07) is 14.9. The fourth-order valence-corrected chi connectivity index (χ4v) is 3.34. The Morgan fingerprint density at radius 1 is 1.04 bits per heavy atom. The second kappa shape index (κ2) is 9.50. The average molecular weight is 404 g/mol. The largest absolute Gasteiger partial charge is 0.449 e. The SMILES string of the molecule is CCC[C@@H](NC(=O)[C@H](C)OC(=O)c1ccc(S(C)(=O)=O)cc1)c1ccccc1. The fraction of sp³-hybridized carbons (Fsp3) is 0.333. The number of carbonyl (C=O) groups excluding carboxylic acids is 2. The van der Waals surface area contributed by atoms with Crippen molar-refractivity contribution in [2.45, 2.75) is 43.7 Å². The molecule has 0 bridgehead atoms. The van der Waals surface area contributed by atoms with Gasteiger partial charge in [-0.05, 0) is 43.2 Å². The van der Waals surface area contributed by atoms with Crippen molar-refractivity contribution in [1.29, 1.82) is 0 Å². The van der Waals surface area contributed by atoms with Crippen LogP contribution in [0.1, 0.15) is 48.7 Å². The van der Waals surface area contributed by atoms with Crippen molar-refractivity contribution < 1.29 is 22.7 Å². The summed E-state index contributed by atoms with van der Waals surface area (Å²) < 4.78 is 28.2. The van der Waals surface area contributed by atoms with Crippen LogP contribution in [0.3, 0.4) is 0 Å². The van der Waals surface area contributed by atoms with Crippen LogP contribution in [0.15, 0.2) is 59.5 Å². The Balaban J connectivity index is 2.01. The number of ether oxygens (including phenoxy) is 1. The van der Waals surface area contributed by atoms with Gasteiger partial charge in [0.15, 0.2) is 15.9 Å². The highest BCUT2D eigenvalue weighted by Crippen LogP contribution is 2.19. The molecule has 1 N–H and O–H groups in total. The first-order valence-corrected chi connectivity index (χ1v) is 11.0. The van der Waals surface area contributed by atoms with E-state index < -0.39 is 21.9 Å². The van der Waals surface area contributed by atoms with Gasteiger partial charge in [0.05, 0.1) is 16.5 Å². The van der Waals surface area contributed by atoms with Crippen molar-refractivity contribution in [2.75, 3.05) is 6.26 Å². The predicted molar refractivity (Wildman–Crippen MR) is 107 cm³/mol. The first-order valence-electron chi connectivity index (χ1n) is 9.08. The summed E-state index contributed by atoms with van der Waals surface area (Å²) in [6.07, 6.45) is 1.76. The molecule has 0 aliphatic rings. The second-order valence-electron chi connectivity index (χ2n) is 6.60. The monoisotopic (exact) mass is 403 g/mol. The highest BCUT2D eigenvalue weighted by Gasteiger charge is 2.22. The Hall–Kier alpha value is -2.67. The van der Waals surface area contributed by atoms with Gasteiger partial charge in [-0.3, -0.25) is 4.79 Å². The molecule has 0 fully saturated rings. The maximum Gasteiger partial charge on any atom is 0.338 e. The van der Waals surface area contributed by atoms with Crippen molar-refractivity contribution in [3.05, 3.63) is 65.7 Å². The quantitative estimate of drug-likeness (QED) is 0.683. The number of amides is 1. The molecule has 150 valence electrons. The lowest BCUT2D eigenvalue weighted by atomic mass is 10.0. The molecular weight excluding hydrogens is 378 g/mol. The van der Waals surface area contributed by atoms with Gasteiger partial charge in [-0.15, -0.1) is 0 Å². The summed E-state index contributed by atoms with van der Waals surface area (Å²) in [4.78, 5) is 24.8. The fourth-order valence-electron chi connectivity index (χ4n) is 2.71. The van der Waals surface area contributed by atoms with Crippen molar-refractivity contribution in [3.8, 4) is 0 Å². The molecule has 0 unspecified atom stereocenters. The second-order valence-corrected chi connectivity index (χ2v) is 8.62. The van der Waals surface area contributed by atoms with Gasteiger partial charge < -0.3 is 10.1 Å². The van der Waals surface area contributed by atoms with E-state index in [1.165, 1.54) is 31.2 Å². The summed E-state index contributed by atoms with van der Waals surface area (Å²) in [5.41, 5.74) is 1.17. The molecule has 2 aromatic carbocycles. The van der Waals surface area contributed by atoms with Gasteiger partial charge in [-0.2, -0.15) is 0 Å². The molecule has 0 aliphatic heterocycles. The highest BCUT2D eigenvalue weighted by molar-refractivity contribution is 7.90. The Bertz CT molecular complexity index is 908. The average Bonchev–Trinajstić information content (AvgIpc) is 2.67. The zero-order chi connectivity index (χ0) is 20.7. The summed E-state index contributed by atoms with van der Waals surface area (Å²) in [5, 5.41) is 2.92. The highest BCUT2D eigenvalue weighted by atomic mass is 32.2. The molecule has 0 aromatic heterocycles. The van der Waals surface area contributed by atoms with Crippen molar-refractivity contribution >= 4 is 21.7 Å². The van der Waals surface area contributed by atoms with Crippen LogP contribution in [-0.4, -0.2) is 32.7 Å². The molecule has 6 nitrogen and oxygen atoms in total. The maximum atomic E-state index is 12.5. The molecule has 2 atom stereocenters. The lowest BCUT2D eigenvalue weighted by Crippen LogP contribution is -2.38. The van der Waals surface area contributed by atoms with Gasteiger partial charge in [0, 0.05) is 6.26 Å². The number of carbonyl (C=O) groups is 2. The van der Waals surface area contributed by atoms with Crippen LogP contribution in [0.2, 0.25) is 0 Å². The molecule has 2 rings (SSSR count). The molecule has 2 aromatic rings. The van der Waals surface area contributed by atoms with Crippen LogP contribution < -0.4 is 5.32 Å². The van der Waals surface area contributed by atoms with E-state index >= 15 is 0 Å². The summed E-state index contributed by atoms with van der Waals surface area (Å²) >= 11 is 0. The summed E-state index contributed by atoms with van der Waals surface area (Å²) in [7, 11) is -3.34. The predicted octanol–water partition coefficient (Wildman–Crippen LogP) is 3.29. The topological polar surface area (TPSA) is 89.5 Å². The van der Waals surface area contributed by atoms with E-state index in [0.29, 0.717) is 0 Å². The molecular formula is C21H25NO5S. The van der Waals surface area contributed by atoms with Crippen LogP contribution in [0.4, 0.5) is 0 Å². The standard InChI is InChI=1S/C21H25NO5S/c1-4-8-19(16-9-6-5-7-10-16)22-20(23)15(2)27-21(24)17-11-13-18(14-12-17)28(3,25)26/h5-7,9-15,19H,4,8H2,1-3H3,(H,22,23)/t15-,19+/m0/s1. The number of nitrogens with one attached hydrogen (secondary N) is 1. The molecule has 1 amide bonds. The van der Waals surface area contributed by atoms with E-state index in [4.69, 9.17) is 4.74 Å². The number of esters is 1. The van der Waals surface area contributed by atoms with Gasteiger partial charge in [0.25, 0.3) is 5.91 Å². The summed E-state index contributed by atoms with van der Waals surface area (Å²) in [5.74, 6) is -1.07. The zero-order valence-electron chi connectivity index (χ0n) is 16.2. The Kier molecular flexibility index (Phi) is 7.34. The van der Waals surface area contributed by atoms with Crippen LogP contribution in [0, 0.1) is 0 Å². The lowest BCUT2D eigenvalue weighted by Gasteiger charge is -2.21. The van der Waals surface area contributed by atoms with E-state index in [-0.39, 0.29) is 22.4 Å². The van der Waals surface area contributed by atoms with Gasteiger partial charge in [0.1, 0.15) is 0 Å². The van der Waals surface area contributed by atoms with E-state index in [1.807, 2.05) is 37.3 Å².